The minimum Gasteiger partial charge on any atom is -0.478 e. The molecule has 1 aromatic carbocycles. The summed E-state index contributed by atoms with van der Waals surface area (Å²) >= 11 is 6.92. The average molecular weight is 267 g/mol. The molecule has 0 saturated heterocycles. The number of carboxylic acid groups (broad SMARTS) is 1. The van der Waals surface area contributed by atoms with Crippen molar-refractivity contribution in [2.24, 2.45) is 0 Å². The number of carbonyl (C=O) groups excluding carboxylic acids is 1. The lowest BCUT2D eigenvalue weighted by atomic mass is 10.1. The first-order chi connectivity index (χ1) is 8.08. The van der Waals surface area contributed by atoms with Gasteiger partial charge in [0.15, 0.2) is 0 Å². The highest BCUT2D eigenvalue weighted by Gasteiger charge is 2.13. The molecule has 17 heavy (non-hydrogen) atoms. The van der Waals surface area contributed by atoms with Crippen molar-refractivity contribution in [3.05, 3.63) is 56.7 Å². The Bertz CT molecular complexity index is 589. The molecule has 0 fully saturated rings. The van der Waals surface area contributed by atoms with Gasteiger partial charge in [0.1, 0.15) is 0 Å². The van der Waals surface area contributed by atoms with E-state index in [4.69, 9.17) is 16.7 Å². The van der Waals surface area contributed by atoms with Crippen LogP contribution in [0.5, 0.6) is 0 Å². The lowest BCUT2D eigenvalue weighted by Crippen LogP contribution is -2.02. The van der Waals surface area contributed by atoms with Gasteiger partial charge in [-0.25, -0.2) is 4.79 Å². The molecule has 2 aromatic rings. The van der Waals surface area contributed by atoms with E-state index in [1.54, 1.807) is 24.3 Å². The molecule has 0 unspecified atom stereocenters. The number of rotatable bonds is 3. The van der Waals surface area contributed by atoms with Crippen LogP contribution in [0.25, 0.3) is 0 Å². The highest BCUT2D eigenvalue weighted by molar-refractivity contribution is 7.18. The van der Waals surface area contributed by atoms with Crippen molar-refractivity contribution in [3.8, 4) is 0 Å². The zero-order valence-corrected chi connectivity index (χ0v) is 10.1. The lowest BCUT2D eigenvalue weighted by molar-refractivity contribution is 0.0697. The van der Waals surface area contributed by atoms with Gasteiger partial charge in [-0.15, -0.1) is 11.3 Å². The maximum atomic E-state index is 12.0. The molecule has 0 aliphatic carbocycles. The number of hydrogen-bond donors (Lipinski definition) is 1. The molecule has 0 bridgehead atoms. The maximum absolute atomic E-state index is 12.0. The van der Waals surface area contributed by atoms with Gasteiger partial charge in [0.2, 0.25) is 5.78 Å². The molecule has 86 valence electrons. The fraction of sp³-hybridized carbons (Fsp3) is 0. The van der Waals surface area contributed by atoms with Crippen LogP contribution < -0.4 is 0 Å². The Morgan fingerprint density at radius 3 is 2.41 bits per heavy atom. The molecule has 0 spiro atoms. The quantitative estimate of drug-likeness (QED) is 0.867. The number of carbonyl (C=O) groups is 2. The average Bonchev–Trinajstić information content (AvgIpc) is 2.75. The number of ketones is 1. The lowest BCUT2D eigenvalue weighted by Gasteiger charge is -1.99. The first-order valence-corrected chi connectivity index (χ1v) is 5.91. The van der Waals surface area contributed by atoms with Crippen molar-refractivity contribution in [3.63, 3.8) is 0 Å². The van der Waals surface area contributed by atoms with Crippen molar-refractivity contribution in [2.75, 3.05) is 0 Å². The minimum absolute atomic E-state index is 0.0958. The molecule has 0 saturated carbocycles. The number of hydrogen-bond acceptors (Lipinski definition) is 3. The predicted octanol–water partition coefficient (Wildman–Crippen LogP) is 3.33. The predicted molar refractivity (Wildman–Crippen MR) is 66.2 cm³/mol. The number of halogens is 1. The van der Waals surface area contributed by atoms with Crippen molar-refractivity contribution >= 4 is 34.7 Å². The third-order valence-corrected chi connectivity index (χ3v) is 3.40. The van der Waals surface area contributed by atoms with E-state index < -0.39 is 5.97 Å². The van der Waals surface area contributed by atoms with Crippen molar-refractivity contribution < 1.29 is 14.7 Å². The maximum Gasteiger partial charge on any atom is 0.335 e. The third kappa shape index (κ3) is 2.54. The summed E-state index contributed by atoms with van der Waals surface area (Å²) in [5.74, 6) is -1.27. The Hall–Kier alpha value is -1.65. The second kappa shape index (κ2) is 4.69. The fourth-order valence-corrected chi connectivity index (χ4v) is 2.38. The van der Waals surface area contributed by atoms with Gasteiger partial charge < -0.3 is 5.11 Å². The van der Waals surface area contributed by atoms with Crippen molar-refractivity contribution in [2.45, 2.75) is 0 Å². The number of carboxylic acids is 1. The fourth-order valence-electron chi connectivity index (χ4n) is 1.37. The molecule has 0 aliphatic heterocycles. The van der Waals surface area contributed by atoms with Crippen LogP contribution in [-0.2, 0) is 0 Å². The Balaban J connectivity index is 2.37. The molecule has 1 N–H and O–H groups in total. The van der Waals surface area contributed by atoms with Crippen LogP contribution in [0.2, 0.25) is 4.34 Å². The first kappa shape index (κ1) is 11.8. The van der Waals surface area contributed by atoms with Crippen LogP contribution in [0.4, 0.5) is 0 Å². The molecule has 0 amide bonds. The SMILES string of the molecule is O=C(O)c1cccc(C(=O)c2ccc(Cl)s2)c1. The number of benzene rings is 1. The van der Waals surface area contributed by atoms with Gasteiger partial charge in [-0.05, 0) is 24.3 Å². The summed E-state index contributed by atoms with van der Waals surface area (Å²) in [7, 11) is 0. The normalized spacial score (nSPS) is 10.2. The largest absolute Gasteiger partial charge is 0.478 e. The molecular formula is C12H7ClO3S. The van der Waals surface area contributed by atoms with E-state index in [1.165, 1.54) is 23.5 Å². The Kier molecular flexibility index (Phi) is 3.26. The summed E-state index contributed by atoms with van der Waals surface area (Å²) in [5, 5.41) is 8.84. The van der Waals surface area contributed by atoms with Crippen LogP contribution in [0, 0.1) is 0 Å². The second-order valence-corrected chi connectivity index (χ2v) is 5.03. The van der Waals surface area contributed by atoms with Crippen LogP contribution in [0.1, 0.15) is 25.6 Å². The molecular weight excluding hydrogens is 260 g/mol. The van der Waals surface area contributed by atoms with E-state index in [9.17, 15) is 9.59 Å². The first-order valence-electron chi connectivity index (χ1n) is 4.71. The monoisotopic (exact) mass is 266 g/mol. The standard InChI is InChI=1S/C12H7ClO3S/c13-10-5-4-9(17-10)11(14)7-2-1-3-8(6-7)12(15)16/h1-6H,(H,15,16). The summed E-state index contributed by atoms with van der Waals surface area (Å²) in [5.41, 5.74) is 0.446. The van der Waals surface area contributed by atoms with Crippen molar-refractivity contribution in [1.29, 1.82) is 0 Å². The number of aromatic carboxylic acids is 1. The van der Waals surface area contributed by atoms with Crippen LogP contribution in [0.15, 0.2) is 36.4 Å². The van der Waals surface area contributed by atoms with E-state index in [-0.39, 0.29) is 11.3 Å². The summed E-state index contributed by atoms with van der Waals surface area (Å²) in [4.78, 5) is 23.3. The number of thiophene rings is 1. The Morgan fingerprint density at radius 2 is 1.82 bits per heavy atom. The topological polar surface area (TPSA) is 54.4 Å². The minimum atomic E-state index is -1.05. The van der Waals surface area contributed by atoms with E-state index in [0.717, 1.165) is 0 Å². The van der Waals surface area contributed by atoms with Gasteiger partial charge in [-0.3, -0.25) is 4.79 Å². The third-order valence-electron chi connectivity index (χ3n) is 2.17. The molecule has 0 aliphatic rings. The molecule has 0 radical (unpaired) electrons. The Morgan fingerprint density at radius 1 is 1.12 bits per heavy atom. The summed E-state index contributed by atoms with van der Waals surface area (Å²) in [6, 6.07) is 9.20. The van der Waals surface area contributed by atoms with E-state index in [1.807, 2.05) is 0 Å². The van der Waals surface area contributed by atoms with Gasteiger partial charge in [-0.1, -0.05) is 23.7 Å². The molecule has 3 nitrogen and oxygen atoms in total. The zero-order chi connectivity index (χ0) is 12.4. The van der Waals surface area contributed by atoms with E-state index in [2.05, 4.69) is 0 Å². The molecule has 5 heteroatoms. The van der Waals surface area contributed by atoms with Crippen LogP contribution >= 0.6 is 22.9 Å². The van der Waals surface area contributed by atoms with Crippen LogP contribution in [0.3, 0.4) is 0 Å². The molecule has 0 atom stereocenters. The summed E-state index contributed by atoms with van der Waals surface area (Å²) < 4.78 is 0.530. The zero-order valence-electron chi connectivity index (χ0n) is 8.51. The molecule has 1 heterocycles. The van der Waals surface area contributed by atoms with Gasteiger partial charge in [0.25, 0.3) is 0 Å². The highest BCUT2D eigenvalue weighted by atomic mass is 35.5. The van der Waals surface area contributed by atoms with Gasteiger partial charge in [0, 0.05) is 5.56 Å². The van der Waals surface area contributed by atoms with E-state index >= 15 is 0 Å². The summed E-state index contributed by atoms with van der Waals surface area (Å²) in [6.07, 6.45) is 0. The van der Waals surface area contributed by atoms with Gasteiger partial charge in [-0.2, -0.15) is 0 Å². The molecule has 1 aromatic heterocycles. The summed E-state index contributed by atoms with van der Waals surface area (Å²) in [6.45, 7) is 0. The second-order valence-electron chi connectivity index (χ2n) is 3.32. The Labute approximate surface area is 106 Å². The van der Waals surface area contributed by atoms with Gasteiger partial charge in [0.05, 0.1) is 14.8 Å². The highest BCUT2D eigenvalue weighted by Crippen LogP contribution is 2.24. The van der Waals surface area contributed by atoms with Crippen LogP contribution in [-0.4, -0.2) is 16.9 Å². The van der Waals surface area contributed by atoms with Crippen molar-refractivity contribution in [1.82, 2.24) is 0 Å². The van der Waals surface area contributed by atoms with Gasteiger partial charge >= 0.3 is 5.97 Å². The van der Waals surface area contributed by atoms with E-state index in [0.29, 0.717) is 14.8 Å². The molecule has 2 rings (SSSR count). The smallest absolute Gasteiger partial charge is 0.335 e.